The second-order valence-electron chi connectivity index (χ2n) is 6.42. The molecule has 1 N–H and O–H groups in total. The van der Waals surface area contributed by atoms with Gasteiger partial charge in [0.2, 0.25) is 5.88 Å². The van der Waals surface area contributed by atoms with Crippen LogP contribution in [0.1, 0.15) is 37.5 Å². The van der Waals surface area contributed by atoms with Gasteiger partial charge in [0, 0.05) is 23.8 Å². The number of hydrogen-bond acceptors (Lipinski definition) is 3. The highest BCUT2D eigenvalue weighted by Crippen LogP contribution is 2.25. The predicted molar refractivity (Wildman–Crippen MR) is 86.8 cm³/mol. The summed E-state index contributed by atoms with van der Waals surface area (Å²) in [7, 11) is 0. The SMILES string of the molecule is Cc1ccc(Oc2ncccc2CNC(C)(C)C)cc1C. The van der Waals surface area contributed by atoms with Gasteiger partial charge in [0.05, 0.1) is 0 Å². The molecule has 2 aromatic rings. The van der Waals surface area contributed by atoms with Crippen molar-refractivity contribution in [1.29, 1.82) is 0 Å². The number of ether oxygens (including phenoxy) is 1. The maximum Gasteiger partial charge on any atom is 0.223 e. The minimum absolute atomic E-state index is 0.0631. The molecule has 1 aromatic heterocycles. The molecule has 0 saturated heterocycles. The Morgan fingerprint density at radius 3 is 2.52 bits per heavy atom. The largest absolute Gasteiger partial charge is 0.439 e. The van der Waals surface area contributed by atoms with Crippen molar-refractivity contribution in [3.63, 3.8) is 0 Å². The smallest absolute Gasteiger partial charge is 0.223 e. The zero-order valence-electron chi connectivity index (χ0n) is 13.5. The van der Waals surface area contributed by atoms with Crippen LogP contribution in [0.2, 0.25) is 0 Å². The molecule has 112 valence electrons. The first-order valence-corrected chi connectivity index (χ1v) is 7.29. The average Bonchev–Trinajstić information content (AvgIpc) is 2.41. The molecule has 0 saturated carbocycles. The van der Waals surface area contributed by atoms with E-state index < -0.39 is 0 Å². The lowest BCUT2D eigenvalue weighted by Gasteiger charge is -2.21. The van der Waals surface area contributed by atoms with Gasteiger partial charge in [0.15, 0.2) is 0 Å². The first-order valence-electron chi connectivity index (χ1n) is 7.29. The lowest BCUT2D eigenvalue weighted by atomic mass is 10.1. The van der Waals surface area contributed by atoms with E-state index in [1.54, 1.807) is 6.20 Å². The summed E-state index contributed by atoms with van der Waals surface area (Å²) in [6.45, 7) is 11.4. The molecule has 0 aliphatic heterocycles. The van der Waals surface area contributed by atoms with Crippen LogP contribution in [-0.2, 0) is 6.54 Å². The minimum atomic E-state index is 0.0631. The third kappa shape index (κ3) is 4.57. The number of hydrogen-bond donors (Lipinski definition) is 1. The van der Waals surface area contributed by atoms with Crippen molar-refractivity contribution in [2.75, 3.05) is 0 Å². The predicted octanol–water partition coefficient (Wildman–Crippen LogP) is 4.38. The van der Waals surface area contributed by atoms with Crippen LogP contribution in [0, 0.1) is 13.8 Å². The Morgan fingerprint density at radius 1 is 1.10 bits per heavy atom. The summed E-state index contributed by atoms with van der Waals surface area (Å²) in [6.07, 6.45) is 1.76. The van der Waals surface area contributed by atoms with Crippen LogP contribution in [-0.4, -0.2) is 10.5 Å². The van der Waals surface area contributed by atoms with Crippen LogP contribution in [0.3, 0.4) is 0 Å². The van der Waals surface area contributed by atoms with Gasteiger partial charge in [-0.3, -0.25) is 0 Å². The monoisotopic (exact) mass is 284 g/mol. The molecule has 3 heteroatoms. The number of benzene rings is 1. The maximum atomic E-state index is 5.96. The fraction of sp³-hybridized carbons (Fsp3) is 0.389. The van der Waals surface area contributed by atoms with E-state index in [9.17, 15) is 0 Å². The van der Waals surface area contributed by atoms with Gasteiger partial charge in [-0.05, 0) is 63.9 Å². The number of aryl methyl sites for hydroxylation is 2. The second kappa shape index (κ2) is 6.27. The van der Waals surface area contributed by atoms with Gasteiger partial charge in [-0.25, -0.2) is 4.98 Å². The Morgan fingerprint density at radius 2 is 1.86 bits per heavy atom. The molecule has 0 aliphatic carbocycles. The van der Waals surface area contributed by atoms with E-state index in [1.165, 1.54) is 11.1 Å². The van der Waals surface area contributed by atoms with Gasteiger partial charge in [0.25, 0.3) is 0 Å². The highest BCUT2D eigenvalue weighted by atomic mass is 16.5. The third-order valence-electron chi connectivity index (χ3n) is 3.35. The minimum Gasteiger partial charge on any atom is -0.439 e. The van der Waals surface area contributed by atoms with Crippen LogP contribution >= 0.6 is 0 Å². The van der Waals surface area contributed by atoms with Crippen LogP contribution in [0.15, 0.2) is 36.5 Å². The fourth-order valence-electron chi connectivity index (χ4n) is 1.90. The Bertz CT molecular complexity index is 615. The Balaban J connectivity index is 2.17. The number of rotatable bonds is 4. The summed E-state index contributed by atoms with van der Waals surface area (Å²) in [6, 6.07) is 10.1. The first kappa shape index (κ1) is 15.5. The second-order valence-corrected chi connectivity index (χ2v) is 6.42. The fourth-order valence-corrected chi connectivity index (χ4v) is 1.90. The summed E-state index contributed by atoms with van der Waals surface area (Å²) in [4.78, 5) is 4.36. The van der Waals surface area contributed by atoms with E-state index in [0.29, 0.717) is 5.88 Å². The van der Waals surface area contributed by atoms with Crippen LogP contribution in [0.5, 0.6) is 11.6 Å². The summed E-state index contributed by atoms with van der Waals surface area (Å²) >= 11 is 0. The molecule has 0 radical (unpaired) electrons. The van der Waals surface area contributed by atoms with Gasteiger partial charge in [0.1, 0.15) is 5.75 Å². The van der Waals surface area contributed by atoms with Crippen LogP contribution < -0.4 is 10.1 Å². The lowest BCUT2D eigenvalue weighted by Crippen LogP contribution is -2.35. The van der Waals surface area contributed by atoms with Crippen molar-refractivity contribution >= 4 is 0 Å². The Hall–Kier alpha value is -1.87. The Labute approximate surface area is 127 Å². The molecular formula is C18H24N2O. The van der Waals surface area contributed by atoms with Crippen LogP contribution in [0.25, 0.3) is 0 Å². The van der Waals surface area contributed by atoms with E-state index in [-0.39, 0.29) is 5.54 Å². The Kier molecular flexibility index (Phi) is 4.63. The van der Waals surface area contributed by atoms with Gasteiger partial charge in [-0.1, -0.05) is 12.1 Å². The van der Waals surface area contributed by atoms with Gasteiger partial charge in [-0.15, -0.1) is 0 Å². The molecule has 0 fully saturated rings. The number of pyridine rings is 1. The normalized spacial score (nSPS) is 11.5. The van der Waals surface area contributed by atoms with E-state index in [1.807, 2.05) is 24.3 Å². The van der Waals surface area contributed by atoms with Crippen LogP contribution in [0.4, 0.5) is 0 Å². The molecule has 0 atom stereocenters. The molecule has 3 nitrogen and oxygen atoms in total. The van der Waals surface area contributed by atoms with E-state index in [2.05, 4.69) is 51.0 Å². The molecular weight excluding hydrogens is 260 g/mol. The summed E-state index contributed by atoms with van der Waals surface area (Å²) in [5, 5.41) is 3.46. The molecule has 21 heavy (non-hydrogen) atoms. The quantitative estimate of drug-likeness (QED) is 0.904. The molecule has 0 bridgehead atoms. The van der Waals surface area contributed by atoms with E-state index >= 15 is 0 Å². The topological polar surface area (TPSA) is 34.1 Å². The molecule has 0 unspecified atom stereocenters. The zero-order valence-corrected chi connectivity index (χ0v) is 13.5. The van der Waals surface area contributed by atoms with Crippen molar-refractivity contribution in [2.45, 2.75) is 46.7 Å². The lowest BCUT2D eigenvalue weighted by molar-refractivity contribution is 0.409. The molecule has 2 rings (SSSR count). The molecule has 0 amide bonds. The highest BCUT2D eigenvalue weighted by Gasteiger charge is 2.12. The zero-order chi connectivity index (χ0) is 15.5. The molecule has 1 aromatic carbocycles. The van der Waals surface area contributed by atoms with Gasteiger partial charge in [-0.2, -0.15) is 0 Å². The van der Waals surface area contributed by atoms with Gasteiger partial charge < -0.3 is 10.1 Å². The molecule has 1 heterocycles. The summed E-state index contributed by atoms with van der Waals surface area (Å²) in [5.74, 6) is 1.49. The van der Waals surface area contributed by atoms with E-state index in [4.69, 9.17) is 4.74 Å². The number of nitrogens with zero attached hydrogens (tertiary/aromatic N) is 1. The summed E-state index contributed by atoms with van der Waals surface area (Å²) < 4.78 is 5.96. The van der Waals surface area contributed by atoms with Gasteiger partial charge >= 0.3 is 0 Å². The van der Waals surface area contributed by atoms with Crippen molar-refractivity contribution in [3.8, 4) is 11.6 Å². The van der Waals surface area contributed by atoms with Crippen molar-refractivity contribution in [3.05, 3.63) is 53.2 Å². The number of aromatic nitrogens is 1. The van der Waals surface area contributed by atoms with Crippen molar-refractivity contribution < 1.29 is 4.74 Å². The number of nitrogens with one attached hydrogen (secondary N) is 1. The average molecular weight is 284 g/mol. The summed E-state index contributed by atoms with van der Waals surface area (Å²) in [5.41, 5.74) is 3.61. The van der Waals surface area contributed by atoms with E-state index in [0.717, 1.165) is 17.9 Å². The van der Waals surface area contributed by atoms with Crippen molar-refractivity contribution in [2.24, 2.45) is 0 Å². The first-order chi connectivity index (χ1) is 9.85. The maximum absolute atomic E-state index is 5.96. The standard InChI is InChI=1S/C18H24N2O/c1-13-8-9-16(11-14(13)2)21-17-15(7-6-10-19-17)12-20-18(3,4)5/h6-11,20H,12H2,1-5H3. The molecule has 0 aliphatic rings. The highest BCUT2D eigenvalue weighted by molar-refractivity contribution is 5.37. The van der Waals surface area contributed by atoms with Crippen molar-refractivity contribution in [1.82, 2.24) is 10.3 Å². The molecule has 0 spiro atoms. The third-order valence-corrected chi connectivity index (χ3v) is 3.35.